The summed E-state index contributed by atoms with van der Waals surface area (Å²) in [4.78, 5) is 20.5. The van der Waals surface area contributed by atoms with Gasteiger partial charge in [-0.05, 0) is 36.2 Å². The Bertz CT molecular complexity index is 962. The Hall–Kier alpha value is -2.41. The summed E-state index contributed by atoms with van der Waals surface area (Å²) in [7, 11) is 0. The predicted octanol–water partition coefficient (Wildman–Crippen LogP) is 4.65. The van der Waals surface area contributed by atoms with Crippen LogP contribution < -0.4 is 5.32 Å². The van der Waals surface area contributed by atoms with Crippen molar-refractivity contribution in [3.63, 3.8) is 0 Å². The highest BCUT2D eigenvalue weighted by Gasteiger charge is 2.48. The van der Waals surface area contributed by atoms with E-state index in [0.717, 1.165) is 26.9 Å². The molecule has 7 heteroatoms. The van der Waals surface area contributed by atoms with Gasteiger partial charge in [-0.15, -0.1) is 0 Å². The lowest BCUT2D eigenvalue weighted by Gasteiger charge is -2.33. The van der Waals surface area contributed by atoms with Crippen molar-refractivity contribution in [3.8, 4) is 11.1 Å². The van der Waals surface area contributed by atoms with E-state index >= 15 is 0 Å². The zero-order valence-electron chi connectivity index (χ0n) is 13.4. The number of aryl methyl sites for hydroxylation is 1. The largest absolute Gasteiger partial charge is 0.302 e. The average Bonchev–Trinajstić information content (AvgIpc) is 2.94. The van der Waals surface area contributed by atoms with Gasteiger partial charge in [-0.25, -0.2) is 13.8 Å². The summed E-state index contributed by atoms with van der Waals surface area (Å²) in [5.74, 6) is -3.71. The molecule has 2 heterocycles. The fourth-order valence-corrected chi connectivity index (χ4v) is 3.87. The number of alkyl halides is 2. The minimum atomic E-state index is -2.70. The summed E-state index contributed by atoms with van der Waals surface area (Å²) in [6.07, 6.45) is 2.81. The number of nitrogens with one attached hydrogen (secondary N) is 1. The number of rotatable bonds is 3. The third-order valence-electron chi connectivity index (χ3n) is 4.43. The molecular formula is C18H15F2N3OS. The number of carbonyl (C=O) groups excluding carboxylic acids is 1. The van der Waals surface area contributed by atoms with Crippen molar-refractivity contribution >= 4 is 32.6 Å². The monoisotopic (exact) mass is 359 g/mol. The number of fused-ring (bicyclic) bond motifs is 1. The number of aromatic nitrogens is 2. The fourth-order valence-electron chi connectivity index (χ4n) is 2.97. The van der Waals surface area contributed by atoms with E-state index in [0.29, 0.717) is 5.13 Å². The highest BCUT2D eigenvalue weighted by molar-refractivity contribution is 7.22. The second-order valence-corrected chi connectivity index (χ2v) is 7.37. The lowest BCUT2D eigenvalue weighted by atomic mass is 9.81. The molecule has 1 aliphatic carbocycles. The van der Waals surface area contributed by atoms with Crippen LogP contribution in [-0.4, -0.2) is 21.8 Å². The Morgan fingerprint density at radius 2 is 2.12 bits per heavy atom. The standard InChI is InChI=1S/C18H15F2N3OS/c1-10-4-5-21-9-13(10)11-2-3-14-15(6-11)25-17(22-14)23-16(24)12-7-18(19,20)8-12/h2-6,9,12H,7-8H2,1H3,(H,22,23,24). The first-order valence-electron chi connectivity index (χ1n) is 7.91. The number of amides is 1. The summed E-state index contributed by atoms with van der Waals surface area (Å²) in [6, 6.07) is 7.81. The number of pyridine rings is 1. The molecule has 0 spiro atoms. The molecule has 1 aromatic carbocycles. The highest BCUT2D eigenvalue weighted by Crippen LogP contribution is 2.43. The zero-order valence-corrected chi connectivity index (χ0v) is 14.2. The average molecular weight is 359 g/mol. The maximum Gasteiger partial charge on any atom is 0.249 e. The number of hydrogen-bond donors (Lipinski definition) is 1. The Morgan fingerprint density at radius 3 is 2.84 bits per heavy atom. The van der Waals surface area contributed by atoms with Crippen LogP contribution in [0, 0.1) is 12.8 Å². The summed E-state index contributed by atoms with van der Waals surface area (Å²) < 4.78 is 26.7. The van der Waals surface area contributed by atoms with E-state index in [4.69, 9.17) is 0 Å². The summed E-state index contributed by atoms with van der Waals surface area (Å²) in [6.45, 7) is 2.02. The number of benzene rings is 1. The molecular weight excluding hydrogens is 344 g/mol. The van der Waals surface area contributed by atoms with Crippen LogP contribution in [0.25, 0.3) is 21.3 Å². The number of nitrogens with zero attached hydrogens (tertiary/aromatic N) is 2. The predicted molar refractivity (Wildman–Crippen MR) is 93.9 cm³/mol. The van der Waals surface area contributed by atoms with Crippen molar-refractivity contribution in [2.75, 3.05) is 5.32 Å². The molecule has 0 aliphatic heterocycles. The maximum atomic E-state index is 12.9. The van der Waals surface area contributed by atoms with Crippen LogP contribution in [0.5, 0.6) is 0 Å². The van der Waals surface area contributed by atoms with Crippen molar-refractivity contribution in [1.29, 1.82) is 0 Å². The third kappa shape index (κ3) is 3.11. The van der Waals surface area contributed by atoms with Gasteiger partial charge in [0.25, 0.3) is 0 Å². The Kier molecular flexibility index (Phi) is 3.76. The SMILES string of the molecule is Cc1ccncc1-c1ccc2nc(NC(=O)C3CC(F)(F)C3)sc2c1. The van der Waals surface area contributed by atoms with Crippen LogP contribution in [0.4, 0.5) is 13.9 Å². The summed E-state index contributed by atoms with van der Waals surface area (Å²) in [5.41, 5.74) is 3.96. The first-order chi connectivity index (χ1) is 11.9. The smallest absolute Gasteiger partial charge is 0.249 e. The molecule has 0 saturated heterocycles. The zero-order chi connectivity index (χ0) is 17.6. The van der Waals surface area contributed by atoms with E-state index in [1.54, 1.807) is 6.20 Å². The topological polar surface area (TPSA) is 54.9 Å². The highest BCUT2D eigenvalue weighted by atomic mass is 32.1. The van der Waals surface area contributed by atoms with E-state index in [9.17, 15) is 13.6 Å². The van der Waals surface area contributed by atoms with Crippen LogP contribution >= 0.6 is 11.3 Å². The molecule has 4 rings (SSSR count). The van der Waals surface area contributed by atoms with Crippen molar-refractivity contribution in [2.45, 2.75) is 25.7 Å². The fraction of sp³-hybridized carbons (Fsp3) is 0.278. The Morgan fingerprint density at radius 1 is 1.32 bits per heavy atom. The third-order valence-corrected chi connectivity index (χ3v) is 5.36. The van der Waals surface area contributed by atoms with Gasteiger partial charge in [0.05, 0.1) is 10.2 Å². The van der Waals surface area contributed by atoms with Crippen molar-refractivity contribution in [2.24, 2.45) is 5.92 Å². The Balaban J connectivity index is 1.57. The molecule has 1 saturated carbocycles. The molecule has 0 radical (unpaired) electrons. The van der Waals surface area contributed by atoms with Gasteiger partial charge in [-0.1, -0.05) is 17.4 Å². The van der Waals surface area contributed by atoms with Crippen molar-refractivity contribution < 1.29 is 13.6 Å². The number of halogens is 2. The van der Waals surface area contributed by atoms with Crippen LogP contribution in [0.15, 0.2) is 36.7 Å². The quantitative estimate of drug-likeness (QED) is 0.740. The molecule has 0 atom stereocenters. The molecule has 1 aliphatic rings. The normalized spacial score (nSPS) is 16.6. The minimum Gasteiger partial charge on any atom is -0.302 e. The molecule has 4 nitrogen and oxygen atoms in total. The van der Waals surface area contributed by atoms with E-state index in [1.807, 2.05) is 37.4 Å². The second kappa shape index (κ2) is 5.84. The van der Waals surface area contributed by atoms with Crippen LogP contribution in [0.3, 0.4) is 0 Å². The first kappa shape index (κ1) is 16.1. The number of thiazole rings is 1. The van der Waals surface area contributed by atoms with Gasteiger partial charge in [0.1, 0.15) is 0 Å². The van der Waals surface area contributed by atoms with Gasteiger partial charge in [0.15, 0.2) is 5.13 Å². The van der Waals surface area contributed by atoms with E-state index < -0.39 is 11.8 Å². The van der Waals surface area contributed by atoms with Crippen LogP contribution in [0.2, 0.25) is 0 Å². The molecule has 1 fully saturated rings. The second-order valence-electron chi connectivity index (χ2n) is 6.34. The summed E-state index contributed by atoms with van der Waals surface area (Å²) >= 11 is 1.34. The molecule has 1 N–H and O–H groups in total. The van der Waals surface area contributed by atoms with Gasteiger partial charge >= 0.3 is 0 Å². The minimum absolute atomic E-state index is 0.381. The molecule has 2 aromatic heterocycles. The van der Waals surface area contributed by atoms with Gasteiger partial charge in [0.2, 0.25) is 11.8 Å². The van der Waals surface area contributed by atoms with Gasteiger partial charge < -0.3 is 5.32 Å². The molecule has 25 heavy (non-hydrogen) atoms. The van der Waals surface area contributed by atoms with Gasteiger partial charge in [-0.3, -0.25) is 9.78 Å². The lowest BCUT2D eigenvalue weighted by Crippen LogP contribution is -2.42. The number of hydrogen-bond acceptors (Lipinski definition) is 4. The van der Waals surface area contributed by atoms with Crippen LogP contribution in [0.1, 0.15) is 18.4 Å². The van der Waals surface area contributed by atoms with Crippen molar-refractivity contribution in [1.82, 2.24) is 9.97 Å². The van der Waals surface area contributed by atoms with Gasteiger partial charge in [0, 0.05) is 36.7 Å². The lowest BCUT2D eigenvalue weighted by molar-refractivity contribution is -0.145. The molecule has 128 valence electrons. The first-order valence-corrected chi connectivity index (χ1v) is 8.73. The Labute approximate surface area is 146 Å². The summed E-state index contributed by atoms with van der Waals surface area (Å²) in [5, 5.41) is 3.10. The molecule has 3 aromatic rings. The van der Waals surface area contributed by atoms with Gasteiger partial charge in [-0.2, -0.15) is 0 Å². The molecule has 0 unspecified atom stereocenters. The van der Waals surface area contributed by atoms with Crippen LogP contribution in [-0.2, 0) is 4.79 Å². The van der Waals surface area contributed by atoms with E-state index in [1.165, 1.54) is 11.3 Å². The molecule has 1 amide bonds. The van der Waals surface area contributed by atoms with E-state index in [-0.39, 0.29) is 18.7 Å². The molecule has 0 bridgehead atoms. The number of anilines is 1. The van der Waals surface area contributed by atoms with E-state index in [2.05, 4.69) is 15.3 Å². The van der Waals surface area contributed by atoms with Crippen molar-refractivity contribution in [3.05, 3.63) is 42.2 Å². The number of carbonyl (C=O) groups is 1. The maximum absolute atomic E-state index is 12.9.